The zero-order chi connectivity index (χ0) is 12.0. The second-order valence-corrected chi connectivity index (χ2v) is 3.45. The minimum Gasteiger partial charge on any atom is -0.394 e. The van der Waals surface area contributed by atoms with E-state index in [1.165, 1.54) is 0 Å². The molecule has 1 aromatic carbocycles. The topological polar surface area (TPSA) is 95.6 Å². The van der Waals surface area contributed by atoms with Gasteiger partial charge in [-0.25, -0.2) is 0 Å². The molecule has 88 valence electrons. The predicted molar refractivity (Wildman–Crippen MR) is 59.8 cm³/mol. The van der Waals surface area contributed by atoms with Gasteiger partial charge in [0.1, 0.15) is 0 Å². The van der Waals surface area contributed by atoms with Gasteiger partial charge in [0.05, 0.1) is 12.7 Å². The molecular formula is C11H16N2O3. The molecule has 5 nitrogen and oxygen atoms in total. The van der Waals surface area contributed by atoms with Crippen molar-refractivity contribution < 1.29 is 15.0 Å². The summed E-state index contributed by atoms with van der Waals surface area (Å²) in [7, 11) is 0. The largest absolute Gasteiger partial charge is 0.394 e. The maximum absolute atomic E-state index is 11.5. The van der Waals surface area contributed by atoms with E-state index in [2.05, 4.69) is 5.32 Å². The third-order valence-electron chi connectivity index (χ3n) is 2.16. The number of hydrogen-bond acceptors (Lipinski definition) is 4. The first-order valence-electron chi connectivity index (χ1n) is 5.03. The van der Waals surface area contributed by atoms with Crippen LogP contribution in [-0.2, 0) is 6.54 Å². The number of carbonyl (C=O) groups excluding carboxylic acids is 1. The van der Waals surface area contributed by atoms with Crippen LogP contribution in [0.1, 0.15) is 15.9 Å². The molecule has 0 bridgehead atoms. The Balaban J connectivity index is 2.52. The Kier molecular flexibility index (Phi) is 4.91. The SMILES string of the molecule is NCc1ccc(C(=O)NCC(O)CO)cc1. The van der Waals surface area contributed by atoms with Crippen LogP contribution in [0.25, 0.3) is 0 Å². The lowest BCUT2D eigenvalue weighted by Gasteiger charge is -2.09. The number of hydrogen-bond donors (Lipinski definition) is 4. The second-order valence-electron chi connectivity index (χ2n) is 3.45. The molecule has 0 spiro atoms. The van der Waals surface area contributed by atoms with Gasteiger partial charge in [-0.2, -0.15) is 0 Å². The highest BCUT2D eigenvalue weighted by Crippen LogP contribution is 2.03. The first-order valence-corrected chi connectivity index (χ1v) is 5.03. The molecule has 0 fully saturated rings. The summed E-state index contributed by atoms with van der Waals surface area (Å²) in [5.74, 6) is -0.281. The molecule has 5 N–H and O–H groups in total. The molecule has 5 heteroatoms. The Morgan fingerprint density at radius 2 is 2.00 bits per heavy atom. The van der Waals surface area contributed by atoms with E-state index in [1.54, 1.807) is 24.3 Å². The molecule has 0 aliphatic heterocycles. The minimum atomic E-state index is -0.924. The molecule has 0 saturated carbocycles. The highest BCUT2D eigenvalue weighted by molar-refractivity contribution is 5.94. The number of rotatable bonds is 5. The van der Waals surface area contributed by atoms with Gasteiger partial charge >= 0.3 is 0 Å². The van der Waals surface area contributed by atoms with Crippen molar-refractivity contribution in [3.63, 3.8) is 0 Å². The van der Waals surface area contributed by atoms with Crippen LogP contribution in [0.3, 0.4) is 0 Å². The number of aliphatic hydroxyl groups excluding tert-OH is 2. The third kappa shape index (κ3) is 3.62. The summed E-state index contributed by atoms with van der Waals surface area (Å²) in [6.45, 7) is 0.103. The second kappa shape index (κ2) is 6.22. The molecule has 1 atom stereocenters. The van der Waals surface area contributed by atoms with E-state index in [0.29, 0.717) is 12.1 Å². The first kappa shape index (κ1) is 12.6. The van der Waals surface area contributed by atoms with Crippen LogP contribution in [0.2, 0.25) is 0 Å². The van der Waals surface area contributed by atoms with Gasteiger partial charge in [-0.05, 0) is 17.7 Å². The van der Waals surface area contributed by atoms with Gasteiger partial charge in [-0.3, -0.25) is 4.79 Å². The summed E-state index contributed by atoms with van der Waals surface area (Å²) in [6, 6.07) is 6.89. The monoisotopic (exact) mass is 224 g/mol. The lowest BCUT2D eigenvalue weighted by molar-refractivity contribution is 0.0802. The lowest BCUT2D eigenvalue weighted by Crippen LogP contribution is -2.33. The van der Waals surface area contributed by atoms with Crippen LogP contribution >= 0.6 is 0 Å². The molecule has 0 aliphatic rings. The first-order chi connectivity index (χ1) is 7.67. The normalized spacial score (nSPS) is 12.2. The number of nitrogens with two attached hydrogens (primary N) is 1. The van der Waals surface area contributed by atoms with Gasteiger partial charge in [0.15, 0.2) is 0 Å². The molecule has 0 radical (unpaired) electrons. The van der Waals surface area contributed by atoms with E-state index < -0.39 is 6.10 Å². The molecular weight excluding hydrogens is 208 g/mol. The Labute approximate surface area is 93.9 Å². The summed E-state index contributed by atoms with van der Waals surface area (Å²) < 4.78 is 0. The molecule has 0 heterocycles. The van der Waals surface area contributed by atoms with Crippen LogP contribution < -0.4 is 11.1 Å². The standard InChI is InChI=1S/C11H16N2O3/c12-5-8-1-3-9(4-2-8)11(16)13-6-10(15)7-14/h1-4,10,14-15H,5-7,12H2,(H,13,16). The number of nitrogens with one attached hydrogen (secondary N) is 1. The van der Waals surface area contributed by atoms with Crippen molar-refractivity contribution in [2.75, 3.05) is 13.2 Å². The summed E-state index contributed by atoms with van der Waals surface area (Å²) in [5, 5.41) is 20.1. The Bertz CT molecular complexity index is 338. The summed E-state index contributed by atoms with van der Waals surface area (Å²) >= 11 is 0. The quantitative estimate of drug-likeness (QED) is 0.528. The van der Waals surface area contributed by atoms with E-state index in [-0.39, 0.29) is 19.1 Å². The molecule has 0 saturated heterocycles. The number of carbonyl (C=O) groups is 1. The van der Waals surface area contributed by atoms with Gasteiger partial charge in [0, 0.05) is 18.7 Å². The van der Waals surface area contributed by atoms with E-state index >= 15 is 0 Å². The van der Waals surface area contributed by atoms with Crippen molar-refractivity contribution in [1.82, 2.24) is 5.32 Å². The maximum atomic E-state index is 11.5. The van der Waals surface area contributed by atoms with Gasteiger partial charge < -0.3 is 21.3 Å². The number of benzene rings is 1. The fraction of sp³-hybridized carbons (Fsp3) is 0.364. The molecule has 1 rings (SSSR count). The molecule has 1 aromatic rings. The van der Waals surface area contributed by atoms with Crippen molar-refractivity contribution in [3.8, 4) is 0 Å². The highest BCUT2D eigenvalue weighted by atomic mass is 16.3. The predicted octanol–water partition coefficient (Wildman–Crippen LogP) is -0.772. The van der Waals surface area contributed by atoms with Crippen molar-refractivity contribution in [2.24, 2.45) is 5.73 Å². The Morgan fingerprint density at radius 3 is 2.50 bits per heavy atom. The minimum absolute atomic E-state index is 0.0357. The maximum Gasteiger partial charge on any atom is 0.251 e. The molecule has 1 amide bonds. The van der Waals surface area contributed by atoms with Gasteiger partial charge in [0.2, 0.25) is 0 Å². The Morgan fingerprint density at radius 1 is 1.38 bits per heavy atom. The van der Waals surface area contributed by atoms with Crippen molar-refractivity contribution in [3.05, 3.63) is 35.4 Å². The smallest absolute Gasteiger partial charge is 0.251 e. The third-order valence-corrected chi connectivity index (χ3v) is 2.16. The molecule has 0 aromatic heterocycles. The van der Waals surface area contributed by atoms with Gasteiger partial charge in [0.25, 0.3) is 5.91 Å². The highest BCUT2D eigenvalue weighted by Gasteiger charge is 2.07. The average Bonchev–Trinajstić information content (AvgIpc) is 2.35. The van der Waals surface area contributed by atoms with Gasteiger partial charge in [-0.1, -0.05) is 12.1 Å². The number of aliphatic hydroxyl groups is 2. The number of amides is 1. The zero-order valence-electron chi connectivity index (χ0n) is 8.89. The average molecular weight is 224 g/mol. The van der Waals surface area contributed by atoms with Crippen LogP contribution in [0.5, 0.6) is 0 Å². The van der Waals surface area contributed by atoms with E-state index in [1.807, 2.05) is 0 Å². The van der Waals surface area contributed by atoms with Crippen molar-refractivity contribution in [1.29, 1.82) is 0 Å². The van der Waals surface area contributed by atoms with Crippen LogP contribution in [0.15, 0.2) is 24.3 Å². The lowest BCUT2D eigenvalue weighted by atomic mass is 10.1. The summed E-state index contributed by atoms with van der Waals surface area (Å²) in [5.41, 5.74) is 6.88. The van der Waals surface area contributed by atoms with Crippen molar-refractivity contribution >= 4 is 5.91 Å². The van der Waals surface area contributed by atoms with E-state index in [9.17, 15) is 4.79 Å². The fourth-order valence-corrected chi connectivity index (χ4v) is 1.17. The van der Waals surface area contributed by atoms with Crippen molar-refractivity contribution in [2.45, 2.75) is 12.6 Å². The van der Waals surface area contributed by atoms with Crippen LogP contribution in [0.4, 0.5) is 0 Å². The molecule has 0 aliphatic carbocycles. The summed E-state index contributed by atoms with van der Waals surface area (Å²) in [4.78, 5) is 11.5. The molecule has 1 unspecified atom stereocenters. The van der Waals surface area contributed by atoms with Crippen LogP contribution in [-0.4, -0.2) is 35.4 Å². The Hall–Kier alpha value is -1.43. The van der Waals surface area contributed by atoms with Crippen LogP contribution in [0, 0.1) is 0 Å². The van der Waals surface area contributed by atoms with Gasteiger partial charge in [-0.15, -0.1) is 0 Å². The van der Waals surface area contributed by atoms with E-state index in [4.69, 9.17) is 15.9 Å². The fourth-order valence-electron chi connectivity index (χ4n) is 1.17. The molecule has 16 heavy (non-hydrogen) atoms. The van der Waals surface area contributed by atoms with E-state index in [0.717, 1.165) is 5.56 Å². The zero-order valence-corrected chi connectivity index (χ0v) is 8.89. The summed E-state index contributed by atoms with van der Waals surface area (Å²) in [6.07, 6.45) is -0.924.